The summed E-state index contributed by atoms with van der Waals surface area (Å²) in [4.78, 5) is 18.1. The van der Waals surface area contributed by atoms with Crippen molar-refractivity contribution in [2.24, 2.45) is 0 Å². The van der Waals surface area contributed by atoms with Gasteiger partial charge in [-0.05, 0) is 51.0 Å². The molecular weight excluding hydrogens is 306 g/mol. The van der Waals surface area contributed by atoms with Gasteiger partial charge in [0.2, 0.25) is 0 Å². The third-order valence-electron chi connectivity index (χ3n) is 3.54. The number of hydrogen-bond acceptors (Lipinski definition) is 5. The minimum atomic E-state index is -0.484. The predicted molar refractivity (Wildman–Crippen MR) is 90.1 cm³/mol. The molecule has 3 rings (SSSR count). The maximum Gasteiger partial charge on any atom is 0.410 e. The van der Waals surface area contributed by atoms with Crippen molar-refractivity contribution in [3.05, 3.63) is 41.7 Å². The number of aromatic nitrogens is 2. The summed E-state index contributed by atoms with van der Waals surface area (Å²) in [7, 11) is 0. The molecule has 0 bridgehead atoms. The molecule has 0 N–H and O–H groups in total. The molecule has 1 saturated heterocycles. The second kappa shape index (κ2) is 6.47. The zero-order valence-corrected chi connectivity index (χ0v) is 14.2. The van der Waals surface area contributed by atoms with E-state index in [0.717, 1.165) is 17.6 Å². The molecule has 1 aliphatic rings. The summed E-state index contributed by atoms with van der Waals surface area (Å²) in [5, 5.41) is 3.99. The maximum absolute atomic E-state index is 12.1. The van der Waals surface area contributed by atoms with E-state index < -0.39 is 5.60 Å². The van der Waals surface area contributed by atoms with Crippen molar-refractivity contribution in [3.8, 4) is 11.5 Å². The summed E-state index contributed by atoms with van der Waals surface area (Å²) in [5.41, 5.74) is 1.49. The largest absolute Gasteiger partial charge is 0.444 e. The predicted octanol–water partition coefficient (Wildman–Crippen LogP) is 3.76. The van der Waals surface area contributed by atoms with E-state index in [9.17, 15) is 4.79 Å². The van der Waals surface area contributed by atoms with Gasteiger partial charge in [-0.25, -0.2) is 4.79 Å². The van der Waals surface area contributed by atoms with Crippen molar-refractivity contribution >= 4 is 12.2 Å². The number of likely N-dealkylation sites (tertiary alicyclic amines) is 1. The lowest BCUT2D eigenvalue weighted by molar-refractivity contribution is 0.0299. The third kappa shape index (κ3) is 4.01. The van der Waals surface area contributed by atoms with Gasteiger partial charge in [-0.1, -0.05) is 23.4 Å². The van der Waals surface area contributed by atoms with E-state index in [0.29, 0.717) is 24.8 Å². The number of rotatable bonds is 2. The van der Waals surface area contributed by atoms with Crippen LogP contribution in [0, 0.1) is 0 Å². The zero-order valence-electron chi connectivity index (χ0n) is 14.2. The molecule has 1 fully saturated rings. The summed E-state index contributed by atoms with van der Waals surface area (Å²) in [5.74, 6) is 1.01. The van der Waals surface area contributed by atoms with Gasteiger partial charge in [0.25, 0.3) is 5.89 Å². The molecule has 2 aromatic rings. The molecule has 1 aromatic heterocycles. The Labute approximate surface area is 141 Å². The van der Waals surface area contributed by atoms with Crippen LogP contribution in [0.2, 0.25) is 0 Å². The number of carbonyl (C=O) groups is 1. The number of benzene rings is 1. The average molecular weight is 327 g/mol. The van der Waals surface area contributed by atoms with Crippen LogP contribution < -0.4 is 0 Å². The highest BCUT2D eigenvalue weighted by Gasteiger charge is 2.26. The molecule has 0 radical (unpaired) electrons. The summed E-state index contributed by atoms with van der Waals surface area (Å²) in [6, 6.07) is 9.63. The number of amides is 1. The number of hydrogen-bond donors (Lipinski definition) is 0. The Balaban J connectivity index is 1.66. The first-order valence-electron chi connectivity index (χ1n) is 7.97. The van der Waals surface area contributed by atoms with Crippen molar-refractivity contribution in [2.45, 2.75) is 32.8 Å². The van der Waals surface area contributed by atoms with Crippen LogP contribution in [0.25, 0.3) is 17.5 Å². The highest BCUT2D eigenvalue weighted by Crippen LogP contribution is 2.22. The molecule has 6 nitrogen and oxygen atoms in total. The van der Waals surface area contributed by atoms with Gasteiger partial charge in [-0.2, -0.15) is 4.98 Å². The van der Waals surface area contributed by atoms with Crippen LogP contribution in [-0.4, -0.2) is 39.8 Å². The molecule has 24 heavy (non-hydrogen) atoms. The molecule has 2 heterocycles. The Morgan fingerprint density at radius 2 is 2.04 bits per heavy atom. The Morgan fingerprint density at radius 3 is 2.75 bits per heavy atom. The summed E-state index contributed by atoms with van der Waals surface area (Å²) in [6.45, 7) is 6.76. The van der Waals surface area contributed by atoms with Crippen molar-refractivity contribution < 1.29 is 14.1 Å². The monoisotopic (exact) mass is 327 g/mol. The van der Waals surface area contributed by atoms with Crippen molar-refractivity contribution in [2.75, 3.05) is 13.1 Å². The van der Waals surface area contributed by atoms with Crippen LogP contribution in [-0.2, 0) is 4.74 Å². The molecule has 0 saturated carbocycles. The van der Waals surface area contributed by atoms with Crippen LogP contribution in [0.15, 0.2) is 40.4 Å². The lowest BCUT2D eigenvalue weighted by Crippen LogP contribution is -2.34. The van der Waals surface area contributed by atoms with Crippen LogP contribution in [0.5, 0.6) is 0 Å². The first-order valence-corrected chi connectivity index (χ1v) is 7.97. The molecule has 1 amide bonds. The quantitative estimate of drug-likeness (QED) is 0.840. The maximum atomic E-state index is 12.1. The van der Waals surface area contributed by atoms with E-state index in [-0.39, 0.29) is 6.09 Å². The van der Waals surface area contributed by atoms with Gasteiger partial charge in [0.15, 0.2) is 5.82 Å². The van der Waals surface area contributed by atoms with Crippen LogP contribution >= 0.6 is 0 Å². The molecule has 126 valence electrons. The molecule has 0 unspecified atom stereocenters. The molecule has 0 aliphatic carbocycles. The molecule has 6 heteroatoms. The van der Waals surface area contributed by atoms with E-state index in [2.05, 4.69) is 10.1 Å². The van der Waals surface area contributed by atoms with E-state index in [1.54, 1.807) is 4.90 Å². The SMILES string of the molecule is CC(C)(C)OC(=O)N1CC/C(=C/c2noc(-c3ccccc3)n2)C1. The fraction of sp³-hybridized carbons (Fsp3) is 0.389. The fourth-order valence-electron chi connectivity index (χ4n) is 2.46. The minimum absolute atomic E-state index is 0.288. The minimum Gasteiger partial charge on any atom is -0.444 e. The first kappa shape index (κ1) is 16.2. The van der Waals surface area contributed by atoms with E-state index in [4.69, 9.17) is 9.26 Å². The third-order valence-corrected chi connectivity index (χ3v) is 3.54. The summed E-state index contributed by atoms with van der Waals surface area (Å²) in [6.07, 6.45) is 2.37. The van der Waals surface area contributed by atoms with Gasteiger partial charge in [0.05, 0.1) is 0 Å². The topological polar surface area (TPSA) is 68.5 Å². The Bertz CT molecular complexity index is 744. The summed E-state index contributed by atoms with van der Waals surface area (Å²) < 4.78 is 10.7. The van der Waals surface area contributed by atoms with Crippen LogP contribution in [0.1, 0.15) is 33.0 Å². The average Bonchev–Trinajstić information content (AvgIpc) is 3.16. The van der Waals surface area contributed by atoms with Crippen LogP contribution in [0.4, 0.5) is 4.79 Å². The second-order valence-electron chi connectivity index (χ2n) is 6.78. The van der Waals surface area contributed by atoms with Crippen molar-refractivity contribution in [1.29, 1.82) is 0 Å². The smallest absolute Gasteiger partial charge is 0.410 e. The lowest BCUT2D eigenvalue weighted by atomic mass is 10.2. The van der Waals surface area contributed by atoms with Crippen LogP contribution in [0.3, 0.4) is 0 Å². The normalized spacial score (nSPS) is 16.6. The highest BCUT2D eigenvalue weighted by atomic mass is 16.6. The van der Waals surface area contributed by atoms with E-state index in [1.807, 2.05) is 57.2 Å². The van der Waals surface area contributed by atoms with Gasteiger partial charge in [-0.15, -0.1) is 0 Å². The van der Waals surface area contributed by atoms with E-state index >= 15 is 0 Å². The zero-order chi connectivity index (χ0) is 17.2. The molecular formula is C18H21N3O3. The molecule has 1 aromatic carbocycles. The number of nitrogens with zero attached hydrogens (tertiary/aromatic N) is 3. The van der Waals surface area contributed by atoms with Gasteiger partial charge < -0.3 is 14.2 Å². The standard InChI is InChI=1S/C18H21N3O3/c1-18(2,3)23-17(22)21-10-9-13(12-21)11-15-19-16(24-20-15)14-7-5-4-6-8-14/h4-8,11H,9-10,12H2,1-3H3/b13-11-. The Hall–Kier alpha value is -2.63. The lowest BCUT2D eigenvalue weighted by Gasteiger charge is -2.23. The molecule has 0 spiro atoms. The van der Waals surface area contributed by atoms with Crippen molar-refractivity contribution in [1.82, 2.24) is 15.0 Å². The highest BCUT2D eigenvalue weighted by molar-refractivity contribution is 5.70. The van der Waals surface area contributed by atoms with Crippen molar-refractivity contribution in [3.63, 3.8) is 0 Å². The van der Waals surface area contributed by atoms with Gasteiger partial charge >= 0.3 is 6.09 Å². The fourth-order valence-corrected chi connectivity index (χ4v) is 2.46. The molecule has 1 aliphatic heterocycles. The second-order valence-corrected chi connectivity index (χ2v) is 6.78. The van der Waals surface area contributed by atoms with Gasteiger partial charge in [0.1, 0.15) is 5.60 Å². The number of carbonyl (C=O) groups excluding carboxylic acids is 1. The summed E-state index contributed by atoms with van der Waals surface area (Å²) >= 11 is 0. The van der Waals surface area contributed by atoms with E-state index in [1.165, 1.54) is 0 Å². The number of ether oxygens (including phenoxy) is 1. The van der Waals surface area contributed by atoms with Gasteiger partial charge in [-0.3, -0.25) is 0 Å². The van der Waals surface area contributed by atoms with Gasteiger partial charge in [0, 0.05) is 18.7 Å². The molecule has 0 atom stereocenters. The Kier molecular flexibility index (Phi) is 4.38. The Morgan fingerprint density at radius 1 is 1.29 bits per heavy atom. The first-order chi connectivity index (χ1) is 11.4.